The zero-order valence-corrected chi connectivity index (χ0v) is 23.8. The van der Waals surface area contributed by atoms with E-state index < -0.39 is 40.4 Å². The molecule has 4 aromatic rings. The van der Waals surface area contributed by atoms with Crippen LogP contribution in [0.1, 0.15) is 25.3 Å². The monoisotopic (exact) mass is 589 g/mol. The lowest BCUT2D eigenvalue weighted by Gasteiger charge is -2.40. The van der Waals surface area contributed by atoms with E-state index in [4.69, 9.17) is 9.47 Å². The molecule has 0 aliphatic carbocycles. The van der Waals surface area contributed by atoms with E-state index in [1.165, 1.54) is 29.9 Å². The smallest absolute Gasteiger partial charge is 0.355 e. The second-order valence-corrected chi connectivity index (χ2v) is 10.7. The fraction of sp³-hybridized carbons (Fsp3) is 0.290. The number of piperazine rings is 1. The Hall–Kier alpha value is -5.00. The van der Waals surface area contributed by atoms with E-state index >= 15 is 8.78 Å². The first-order valence-corrected chi connectivity index (χ1v) is 13.8. The first-order chi connectivity index (χ1) is 20.7. The Bertz CT molecular complexity index is 1840. The van der Waals surface area contributed by atoms with Crippen molar-refractivity contribution in [1.82, 2.24) is 19.4 Å². The zero-order valence-electron chi connectivity index (χ0n) is 23.8. The van der Waals surface area contributed by atoms with Crippen LogP contribution < -0.4 is 20.1 Å². The van der Waals surface area contributed by atoms with Gasteiger partial charge < -0.3 is 24.4 Å². The minimum absolute atomic E-state index is 0.0549. The van der Waals surface area contributed by atoms with E-state index in [-0.39, 0.29) is 54.1 Å². The molecule has 0 radical (unpaired) electrons. The van der Waals surface area contributed by atoms with Crippen LogP contribution in [0, 0.1) is 11.6 Å². The Morgan fingerprint density at radius 2 is 1.95 bits per heavy atom. The molecule has 10 nitrogen and oxygen atoms in total. The number of para-hydroxylation sites is 1. The molecule has 4 heterocycles. The standard InChI is InChI=1S/C31H29F2N5O5/c1-5-22(40)36-12-13-37-17(14-36)15-43-28-24-29(37)35-31(41)38(27-18(16(2)3)8-6-11-21(27)42-4)30(24)34-26(25(28)33)23-19(32)9-7-10-20(23)39/h5-11,16-17,39H,1,12-15H2,2-4H3/t17-/m1/s1. The van der Waals surface area contributed by atoms with Gasteiger partial charge in [-0.2, -0.15) is 4.98 Å². The van der Waals surface area contributed by atoms with Gasteiger partial charge in [-0.25, -0.2) is 23.1 Å². The molecule has 0 bridgehead atoms. The second-order valence-electron chi connectivity index (χ2n) is 10.7. The summed E-state index contributed by atoms with van der Waals surface area (Å²) in [4.78, 5) is 38.8. The molecule has 1 fully saturated rings. The zero-order chi connectivity index (χ0) is 30.6. The Morgan fingerprint density at radius 1 is 1.19 bits per heavy atom. The highest BCUT2D eigenvalue weighted by Crippen LogP contribution is 2.44. The quantitative estimate of drug-likeness (QED) is 0.346. The summed E-state index contributed by atoms with van der Waals surface area (Å²) in [6.07, 6.45) is 1.22. The third-order valence-corrected chi connectivity index (χ3v) is 7.89. The summed E-state index contributed by atoms with van der Waals surface area (Å²) in [5.74, 6) is -2.63. The van der Waals surface area contributed by atoms with Crippen molar-refractivity contribution in [3.8, 4) is 34.2 Å². The topological polar surface area (TPSA) is 110 Å². The first-order valence-electron chi connectivity index (χ1n) is 13.8. The third kappa shape index (κ3) is 4.44. The molecule has 1 N–H and O–H groups in total. The van der Waals surface area contributed by atoms with Crippen LogP contribution in [0.25, 0.3) is 28.0 Å². The number of ether oxygens (including phenoxy) is 2. The SMILES string of the molecule is C=CC(=O)N1CCN2c3nc(=O)n(-c4c(OC)cccc4C(C)C)c4nc(-c5c(O)cccc5F)c(F)c(c34)OC[C@H]2C1. The summed E-state index contributed by atoms with van der Waals surface area (Å²) in [5, 5.41) is 10.7. The number of phenolic OH excluding ortho intramolecular Hbond substituents is 1. The summed E-state index contributed by atoms with van der Waals surface area (Å²) in [6.45, 7) is 8.18. The first kappa shape index (κ1) is 28.1. The van der Waals surface area contributed by atoms with Crippen LogP contribution in [0.5, 0.6) is 17.2 Å². The lowest BCUT2D eigenvalue weighted by atomic mass is 10.00. The lowest BCUT2D eigenvalue weighted by molar-refractivity contribution is -0.126. The van der Waals surface area contributed by atoms with Gasteiger partial charge in [0.1, 0.15) is 40.8 Å². The number of fused-ring (bicyclic) bond motifs is 2. The molecule has 2 aromatic carbocycles. The predicted octanol–water partition coefficient (Wildman–Crippen LogP) is 4.16. The average molecular weight is 590 g/mol. The number of hydrogen-bond acceptors (Lipinski definition) is 8. The van der Waals surface area contributed by atoms with E-state index in [0.717, 1.165) is 11.6 Å². The number of amides is 1. The number of phenols is 1. The van der Waals surface area contributed by atoms with Crippen LogP contribution in [0.15, 0.2) is 53.8 Å². The van der Waals surface area contributed by atoms with Crippen molar-refractivity contribution < 1.29 is 28.2 Å². The largest absolute Gasteiger partial charge is 0.507 e. The van der Waals surface area contributed by atoms with Crippen molar-refractivity contribution in [3.05, 3.63) is 76.7 Å². The van der Waals surface area contributed by atoms with Gasteiger partial charge in [-0.15, -0.1) is 0 Å². The number of pyridine rings is 1. The van der Waals surface area contributed by atoms with E-state index in [1.54, 1.807) is 17.0 Å². The predicted molar refractivity (Wildman–Crippen MR) is 156 cm³/mol. The van der Waals surface area contributed by atoms with Crippen LogP contribution in [0.2, 0.25) is 0 Å². The summed E-state index contributed by atoms with van der Waals surface area (Å²) in [5.41, 5.74) is -0.722. The molecular formula is C31H29F2N5O5. The van der Waals surface area contributed by atoms with Crippen LogP contribution in [-0.2, 0) is 4.79 Å². The Morgan fingerprint density at radius 3 is 2.65 bits per heavy atom. The summed E-state index contributed by atoms with van der Waals surface area (Å²) < 4.78 is 44.6. The van der Waals surface area contributed by atoms with Crippen molar-refractivity contribution in [2.75, 3.05) is 38.3 Å². The molecule has 2 aromatic heterocycles. The molecule has 2 aliphatic heterocycles. The van der Waals surface area contributed by atoms with Crippen molar-refractivity contribution in [1.29, 1.82) is 0 Å². The molecule has 0 saturated carbocycles. The minimum Gasteiger partial charge on any atom is -0.507 e. The highest BCUT2D eigenvalue weighted by molar-refractivity contribution is 5.97. The number of carbonyl (C=O) groups is 1. The normalized spacial score (nSPS) is 16.1. The Labute approximate surface area is 245 Å². The van der Waals surface area contributed by atoms with Gasteiger partial charge in [-0.05, 0) is 35.8 Å². The fourth-order valence-electron chi connectivity index (χ4n) is 5.83. The van der Waals surface area contributed by atoms with Gasteiger partial charge in [-0.3, -0.25) is 4.79 Å². The number of anilines is 1. The number of nitrogens with zero attached hydrogens (tertiary/aromatic N) is 5. The van der Waals surface area contributed by atoms with Crippen LogP contribution in [-0.4, -0.2) is 69.8 Å². The van der Waals surface area contributed by atoms with Crippen molar-refractivity contribution in [2.24, 2.45) is 0 Å². The highest BCUT2D eigenvalue weighted by atomic mass is 19.1. The van der Waals surface area contributed by atoms with E-state index in [2.05, 4.69) is 16.5 Å². The van der Waals surface area contributed by atoms with Crippen molar-refractivity contribution in [2.45, 2.75) is 25.8 Å². The fourth-order valence-corrected chi connectivity index (χ4v) is 5.83. The number of methoxy groups -OCH3 is 1. The molecule has 1 amide bonds. The number of aromatic hydroxyl groups is 1. The van der Waals surface area contributed by atoms with Crippen molar-refractivity contribution in [3.63, 3.8) is 0 Å². The van der Waals surface area contributed by atoms with Crippen molar-refractivity contribution >= 4 is 22.8 Å². The molecule has 43 heavy (non-hydrogen) atoms. The Kier molecular flexibility index (Phi) is 6.99. The lowest BCUT2D eigenvalue weighted by Crippen LogP contribution is -2.56. The molecule has 6 rings (SSSR count). The van der Waals surface area contributed by atoms with Gasteiger partial charge in [0, 0.05) is 19.6 Å². The maximum atomic E-state index is 16.5. The van der Waals surface area contributed by atoms with Gasteiger partial charge in [-0.1, -0.05) is 38.6 Å². The maximum absolute atomic E-state index is 16.5. The minimum atomic E-state index is -1.02. The van der Waals surface area contributed by atoms with E-state index in [1.807, 2.05) is 24.8 Å². The van der Waals surface area contributed by atoms with Gasteiger partial charge in [0.05, 0.1) is 24.4 Å². The number of halogens is 2. The number of aromatic nitrogens is 3. The van der Waals surface area contributed by atoms with E-state index in [9.17, 15) is 14.7 Å². The molecular weight excluding hydrogens is 560 g/mol. The summed E-state index contributed by atoms with van der Waals surface area (Å²) in [6, 6.07) is 8.40. The van der Waals surface area contributed by atoms with Crippen LogP contribution >= 0.6 is 0 Å². The molecule has 0 spiro atoms. The van der Waals surface area contributed by atoms with Gasteiger partial charge in [0.25, 0.3) is 0 Å². The average Bonchev–Trinajstić information content (AvgIpc) is 3.15. The molecule has 12 heteroatoms. The maximum Gasteiger partial charge on any atom is 0.355 e. The number of benzene rings is 2. The summed E-state index contributed by atoms with van der Waals surface area (Å²) >= 11 is 0. The van der Waals surface area contributed by atoms with Crippen LogP contribution in [0.3, 0.4) is 0 Å². The number of rotatable bonds is 5. The molecule has 0 unspecified atom stereocenters. The summed E-state index contributed by atoms with van der Waals surface area (Å²) in [7, 11) is 1.46. The molecule has 1 saturated heterocycles. The third-order valence-electron chi connectivity index (χ3n) is 7.89. The van der Waals surface area contributed by atoms with E-state index in [0.29, 0.717) is 18.0 Å². The second kappa shape index (κ2) is 10.7. The van der Waals surface area contributed by atoms with Gasteiger partial charge in [0.15, 0.2) is 17.2 Å². The Balaban J connectivity index is 1.72. The molecule has 1 atom stereocenters. The highest BCUT2D eigenvalue weighted by Gasteiger charge is 2.38. The van der Waals surface area contributed by atoms with Crippen LogP contribution in [0.4, 0.5) is 14.6 Å². The van der Waals surface area contributed by atoms with Gasteiger partial charge in [0.2, 0.25) is 5.91 Å². The molecule has 2 aliphatic rings. The number of carbonyl (C=O) groups excluding carboxylic acids is 1. The number of hydrogen-bond donors (Lipinski definition) is 1. The molecule has 222 valence electrons. The van der Waals surface area contributed by atoms with Gasteiger partial charge >= 0.3 is 5.69 Å².